The zero-order valence-corrected chi connectivity index (χ0v) is 19.3. The first kappa shape index (κ1) is 23.1. The van der Waals surface area contributed by atoms with E-state index in [1.165, 1.54) is 22.4 Å². The summed E-state index contributed by atoms with van der Waals surface area (Å²) >= 11 is 0. The number of aryl methyl sites for hydroxylation is 1. The van der Waals surface area contributed by atoms with E-state index >= 15 is 0 Å². The Labute approximate surface area is 187 Å². The van der Waals surface area contributed by atoms with Crippen LogP contribution >= 0.6 is 0 Å². The number of nitrogens with one attached hydrogen (secondary N) is 2. The van der Waals surface area contributed by atoms with Crippen LogP contribution in [0.4, 0.5) is 5.69 Å². The summed E-state index contributed by atoms with van der Waals surface area (Å²) in [6, 6.07) is 17.5. The molecule has 5 heteroatoms. The van der Waals surface area contributed by atoms with Crippen molar-refractivity contribution < 1.29 is 5.11 Å². The quantitative estimate of drug-likeness (QED) is 0.443. The standard InChI is InChI=1S/C26H38N4O/c1-4-27-26(28-17-21(3)24-7-5-6-20(2)16-24)29-18-22-8-10-25(11-9-22)30-14-12-23(19-31)13-15-30/h5-11,16,21,23,31H,4,12-15,17-19H2,1-3H3,(H2,27,28,29). The molecule has 0 saturated carbocycles. The third-order valence-corrected chi connectivity index (χ3v) is 6.13. The topological polar surface area (TPSA) is 59.9 Å². The number of benzene rings is 2. The van der Waals surface area contributed by atoms with E-state index in [0.29, 0.717) is 25.0 Å². The first-order valence-corrected chi connectivity index (χ1v) is 11.6. The lowest BCUT2D eigenvalue weighted by molar-refractivity contribution is 0.203. The lowest BCUT2D eigenvalue weighted by atomic mass is 9.97. The highest BCUT2D eigenvalue weighted by Gasteiger charge is 2.18. The summed E-state index contributed by atoms with van der Waals surface area (Å²) in [6.07, 6.45) is 2.14. The van der Waals surface area contributed by atoms with Crippen LogP contribution in [-0.2, 0) is 6.54 Å². The van der Waals surface area contributed by atoms with E-state index in [9.17, 15) is 5.11 Å². The van der Waals surface area contributed by atoms with Gasteiger partial charge in [0.2, 0.25) is 0 Å². The highest BCUT2D eigenvalue weighted by molar-refractivity contribution is 5.79. The van der Waals surface area contributed by atoms with Gasteiger partial charge in [0.05, 0.1) is 6.54 Å². The van der Waals surface area contributed by atoms with Crippen LogP contribution in [0, 0.1) is 12.8 Å². The van der Waals surface area contributed by atoms with Gasteiger partial charge in [-0.15, -0.1) is 0 Å². The Morgan fingerprint density at radius 1 is 1.13 bits per heavy atom. The fourth-order valence-corrected chi connectivity index (χ4v) is 4.04. The molecule has 1 unspecified atom stereocenters. The van der Waals surface area contributed by atoms with Crippen LogP contribution in [0.1, 0.15) is 49.3 Å². The monoisotopic (exact) mass is 422 g/mol. The Balaban J connectivity index is 1.53. The van der Waals surface area contributed by atoms with Gasteiger partial charge in [-0.25, -0.2) is 4.99 Å². The van der Waals surface area contributed by atoms with E-state index in [1.807, 2.05) is 0 Å². The average Bonchev–Trinajstić information content (AvgIpc) is 2.81. The Bertz CT molecular complexity index is 826. The Hall–Kier alpha value is -2.53. The van der Waals surface area contributed by atoms with Crippen molar-refractivity contribution in [1.82, 2.24) is 10.6 Å². The van der Waals surface area contributed by atoms with Gasteiger partial charge in [-0.05, 0) is 61.8 Å². The van der Waals surface area contributed by atoms with Gasteiger partial charge in [0.15, 0.2) is 5.96 Å². The number of aliphatic imine (C=N–C) groups is 1. The fourth-order valence-electron chi connectivity index (χ4n) is 4.04. The van der Waals surface area contributed by atoms with Gasteiger partial charge >= 0.3 is 0 Å². The van der Waals surface area contributed by atoms with Gasteiger partial charge in [0.25, 0.3) is 0 Å². The smallest absolute Gasteiger partial charge is 0.191 e. The zero-order chi connectivity index (χ0) is 22.1. The lowest BCUT2D eigenvalue weighted by Crippen LogP contribution is -2.39. The number of rotatable bonds is 8. The second kappa shape index (κ2) is 11.8. The first-order valence-electron chi connectivity index (χ1n) is 11.6. The molecule has 1 aliphatic heterocycles. The number of guanidine groups is 1. The predicted molar refractivity (Wildman–Crippen MR) is 131 cm³/mol. The number of piperidine rings is 1. The molecule has 1 aliphatic rings. The third kappa shape index (κ3) is 7.00. The van der Waals surface area contributed by atoms with Crippen LogP contribution in [0.5, 0.6) is 0 Å². The number of hydrogen-bond acceptors (Lipinski definition) is 3. The van der Waals surface area contributed by atoms with E-state index in [4.69, 9.17) is 4.99 Å². The molecule has 168 valence electrons. The Morgan fingerprint density at radius 2 is 1.87 bits per heavy atom. The predicted octanol–water partition coefficient (Wildman–Crippen LogP) is 4.06. The van der Waals surface area contributed by atoms with Crippen molar-refractivity contribution in [3.63, 3.8) is 0 Å². The highest BCUT2D eigenvalue weighted by Crippen LogP contribution is 2.23. The second-order valence-electron chi connectivity index (χ2n) is 8.67. The van der Waals surface area contributed by atoms with Crippen LogP contribution in [0.2, 0.25) is 0 Å². The molecule has 1 fully saturated rings. The molecule has 5 nitrogen and oxygen atoms in total. The maximum Gasteiger partial charge on any atom is 0.191 e. The summed E-state index contributed by atoms with van der Waals surface area (Å²) < 4.78 is 0. The van der Waals surface area contributed by atoms with Crippen molar-refractivity contribution in [3.05, 3.63) is 65.2 Å². The van der Waals surface area contributed by atoms with Crippen LogP contribution in [0.3, 0.4) is 0 Å². The molecule has 1 saturated heterocycles. The largest absolute Gasteiger partial charge is 0.396 e. The normalized spacial score (nSPS) is 16.3. The first-order chi connectivity index (χ1) is 15.1. The average molecular weight is 423 g/mol. The van der Waals surface area contributed by atoms with Crippen LogP contribution < -0.4 is 15.5 Å². The van der Waals surface area contributed by atoms with Crippen LogP contribution in [-0.4, -0.2) is 43.9 Å². The van der Waals surface area contributed by atoms with E-state index in [2.05, 4.69) is 84.8 Å². The van der Waals surface area contributed by atoms with Gasteiger partial charge in [-0.3, -0.25) is 0 Å². The maximum atomic E-state index is 9.32. The van der Waals surface area contributed by atoms with Crippen LogP contribution in [0.15, 0.2) is 53.5 Å². The molecule has 3 N–H and O–H groups in total. The van der Waals surface area contributed by atoms with E-state index < -0.39 is 0 Å². The Morgan fingerprint density at radius 3 is 2.52 bits per heavy atom. The molecular formula is C26H38N4O. The third-order valence-electron chi connectivity index (χ3n) is 6.13. The molecule has 0 aromatic heterocycles. The minimum atomic E-state index is 0.316. The summed E-state index contributed by atoms with van der Waals surface area (Å²) in [5.41, 5.74) is 5.12. The molecule has 0 radical (unpaired) electrons. The summed E-state index contributed by atoms with van der Waals surface area (Å²) in [5.74, 6) is 1.74. The zero-order valence-electron chi connectivity index (χ0n) is 19.3. The van der Waals surface area contributed by atoms with Crippen LogP contribution in [0.25, 0.3) is 0 Å². The number of aliphatic hydroxyl groups excluding tert-OH is 1. The molecule has 31 heavy (non-hydrogen) atoms. The van der Waals surface area contributed by atoms with Gasteiger partial charge in [0.1, 0.15) is 0 Å². The van der Waals surface area contributed by atoms with Gasteiger partial charge in [-0.2, -0.15) is 0 Å². The van der Waals surface area contributed by atoms with Crippen molar-refractivity contribution in [1.29, 1.82) is 0 Å². The van der Waals surface area contributed by atoms with Crippen molar-refractivity contribution in [2.45, 2.75) is 46.1 Å². The number of anilines is 1. The summed E-state index contributed by atoms with van der Waals surface area (Å²) in [6.45, 7) is 11.2. The molecule has 3 rings (SSSR count). The minimum absolute atomic E-state index is 0.316. The van der Waals surface area contributed by atoms with Crippen molar-refractivity contribution in [3.8, 4) is 0 Å². The van der Waals surface area contributed by atoms with Crippen molar-refractivity contribution in [2.24, 2.45) is 10.9 Å². The molecule has 0 spiro atoms. The van der Waals surface area contributed by atoms with E-state index in [1.54, 1.807) is 0 Å². The summed E-state index contributed by atoms with van der Waals surface area (Å²) in [4.78, 5) is 7.20. The highest BCUT2D eigenvalue weighted by atomic mass is 16.3. The second-order valence-corrected chi connectivity index (χ2v) is 8.67. The Kier molecular flexibility index (Phi) is 8.77. The molecule has 2 aromatic rings. The lowest BCUT2D eigenvalue weighted by Gasteiger charge is -2.32. The van der Waals surface area contributed by atoms with Crippen molar-refractivity contribution in [2.75, 3.05) is 37.7 Å². The van der Waals surface area contributed by atoms with E-state index in [0.717, 1.165) is 45.0 Å². The van der Waals surface area contributed by atoms with Gasteiger partial charge in [0, 0.05) is 38.5 Å². The molecule has 0 amide bonds. The number of aliphatic hydroxyl groups is 1. The fraction of sp³-hybridized carbons (Fsp3) is 0.500. The number of nitrogens with zero attached hydrogens (tertiary/aromatic N) is 2. The molecule has 1 heterocycles. The molecule has 0 bridgehead atoms. The minimum Gasteiger partial charge on any atom is -0.396 e. The van der Waals surface area contributed by atoms with Crippen molar-refractivity contribution >= 4 is 11.6 Å². The summed E-state index contributed by atoms with van der Waals surface area (Å²) in [7, 11) is 0. The SMILES string of the molecule is CCNC(=NCc1ccc(N2CCC(CO)CC2)cc1)NCC(C)c1cccc(C)c1. The number of hydrogen-bond donors (Lipinski definition) is 3. The summed E-state index contributed by atoms with van der Waals surface area (Å²) in [5, 5.41) is 16.2. The van der Waals surface area contributed by atoms with Gasteiger partial charge in [-0.1, -0.05) is 48.9 Å². The molecule has 1 atom stereocenters. The van der Waals surface area contributed by atoms with E-state index in [-0.39, 0.29) is 0 Å². The molecule has 2 aromatic carbocycles. The maximum absolute atomic E-state index is 9.32. The van der Waals surface area contributed by atoms with Gasteiger partial charge < -0.3 is 20.6 Å². The molecular weight excluding hydrogens is 384 g/mol. The molecule has 0 aliphatic carbocycles.